The number of methoxy groups -OCH3 is 1. The molecule has 8 heteroatoms. The highest BCUT2D eigenvalue weighted by atomic mass is 35.5. The number of halogens is 1. The van der Waals surface area contributed by atoms with Gasteiger partial charge in [0.2, 0.25) is 5.91 Å². The van der Waals surface area contributed by atoms with Crippen molar-refractivity contribution in [2.24, 2.45) is 5.73 Å². The summed E-state index contributed by atoms with van der Waals surface area (Å²) in [5, 5.41) is 5.73. The first-order chi connectivity index (χ1) is 12.9. The Balaban J connectivity index is 1.98. The zero-order valence-corrected chi connectivity index (χ0v) is 15.5. The second kappa shape index (κ2) is 9.59. The molecular formula is C19H20ClN3O4. The Bertz CT molecular complexity index is 824. The lowest BCUT2D eigenvalue weighted by Gasteiger charge is -2.19. The molecule has 27 heavy (non-hydrogen) atoms. The van der Waals surface area contributed by atoms with Crippen LogP contribution in [-0.2, 0) is 16.1 Å². The Morgan fingerprint density at radius 1 is 1.11 bits per heavy atom. The molecule has 0 aliphatic heterocycles. The molecule has 0 bridgehead atoms. The van der Waals surface area contributed by atoms with Crippen LogP contribution < -0.4 is 16.4 Å². The normalized spacial score (nSPS) is 11.3. The van der Waals surface area contributed by atoms with Crippen molar-refractivity contribution in [2.45, 2.75) is 19.0 Å². The molecule has 0 saturated heterocycles. The smallest absolute Gasteiger partial charge is 0.337 e. The molecule has 0 radical (unpaired) electrons. The van der Waals surface area contributed by atoms with E-state index in [9.17, 15) is 14.4 Å². The number of primary amides is 1. The SMILES string of the molecule is COC(=O)c1ccc(CNC(=O)C[C@H](NC(N)=O)c2ccccc2Cl)cc1. The van der Waals surface area contributed by atoms with Gasteiger partial charge in [-0.25, -0.2) is 9.59 Å². The summed E-state index contributed by atoms with van der Waals surface area (Å²) in [4.78, 5) is 35.0. The van der Waals surface area contributed by atoms with E-state index in [4.69, 9.17) is 17.3 Å². The minimum Gasteiger partial charge on any atom is -0.465 e. The summed E-state index contributed by atoms with van der Waals surface area (Å²) in [7, 11) is 1.31. The van der Waals surface area contributed by atoms with E-state index in [0.717, 1.165) is 5.56 Å². The van der Waals surface area contributed by atoms with Crippen LogP contribution in [-0.4, -0.2) is 25.0 Å². The number of hydrogen-bond donors (Lipinski definition) is 3. The van der Waals surface area contributed by atoms with Gasteiger partial charge in [-0.05, 0) is 29.3 Å². The van der Waals surface area contributed by atoms with Gasteiger partial charge in [-0.15, -0.1) is 0 Å². The minimum absolute atomic E-state index is 0.0209. The van der Waals surface area contributed by atoms with E-state index in [1.54, 1.807) is 48.5 Å². The zero-order chi connectivity index (χ0) is 19.8. The number of benzene rings is 2. The number of hydrogen-bond acceptors (Lipinski definition) is 4. The summed E-state index contributed by atoms with van der Waals surface area (Å²) in [6.07, 6.45) is -0.0209. The maximum Gasteiger partial charge on any atom is 0.337 e. The number of rotatable bonds is 7. The van der Waals surface area contributed by atoms with Crippen LogP contribution in [0.2, 0.25) is 5.02 Å². The Labute approximate surface area is 161 Å². The Morgan fingerprint density at radius 2 is 1.78 bits per heavy atom. The first-order valence-corrected chi connectivity index (χ1v) is 8.53. The number of nitrogens with one attached hydrogen (secondary N) is 2. The van der Waals surface area contributed by atoms with Crippen LogP contribution >= 0.6 is 11.6 Å². The van der Waals surface area contributed by atoms with Crippen LogP contribution in [0.5, 0.6) is 0 Å². The summed E-state index contributed by atoms with van der Waals surface area (Å²) in [6.45, 7) is 0.270. The van der Waals surface area contributed by atoms with E-state index in [2.05, 4.69) is 15.4 Å². The van der Waals surface area contributed by atoms with Crippen molar-refractivity contribution in [1.29, 1.82) is 0 Å². The first kappa shape index (κ1) is 20.3. The topological polar surface area (TPSA) is 111 Å². The lowest BCUT2D eigenvalue weighted by molar-refractivity contribution is -0.121. The predicted octanol–water partition coefficient (Wildman–Crippen LogP) is 2.54. The quantitative estimate of drug-likeness (QED) is 0.632. The van der Waals surface area contributed by atoms with Crippen molar-refractivity contribution in [3.63, 3.8) is 0 Å². The number of esters is 1. The largest absolute Gasteiger partial charge is 0.465 e. The van der Waals surface area contributed by atoms with Crippen molar-refractivity contribution in [3.05, 3.63) is 70.2 Å². The van der Waals surface area contributed by atoms with Crippen molar-refractivity contribution in [3.8, 4) is 0 Å². The molecule has 2 aromatic rings. The van der Waals surface area contributed by atoms with Crippen LogP contribution in [0.25, 0.3) is 0 Å². The summed E-state index contributed by atoms with van der Waals surface area (Å²) in [5.41, 5.74) is 7.06. The summed E-state index contributed by atoms with van der Waals surface area (Å²) >= 11 is 6.15. The van der Waals surface area contributed by atoms with Gasteiger partial charge in [0.05, 0.1) is 25.1 Å². The molecule has 0 saturated carbocycles. The molecule has 0 aliphatic rings. The molecule has 2 aromatic carbocycles. The highest BCUT2D eigenvalue weighted by Gasteiger charge is 2.19. The Kier molecular flexibility index (Phi) is 7.19. The Morgan fingerprint density at radius 3 is 2.37 bits per heavy atom. The van der Waals surface area contributed by atoms with Gasteiger partial charge in [0.25, 0.3) is 0 Å². The molecule has 0 fully saturated rings. The maximum atomic E-state index is 12.3. The zero-order valence-electron chi connectivity index (χ0n) is 14.7. The van der Waals surface area contributed by atoms with E-state index in [-0.39, 0.29) is 18.9 Å². The van der Waals surface area contributed by atoms with Gasteiger partial charge in [0, 0.05) is 11.6 Å². The predicted molar refractivity (Wildman–Crippen MR) is 101 cm³/mol. The van der Waals surface area contributed by atoms with Crippen LogP contribution in [0.1, 0.15) is 33.9 Å². The monoisotopic (exact) mass is 389 g/mol. The third kappa shape index (κ3) is 6.00. The highest BCUT2D eigenvalue weighted by molar-refractivity contribution is 6.31. The van der Waals surface area contributed by atoms with E-state index in [1.165, 1.54) is 7.11 Å². The molecule has 7 nitrogen and oxygen atoms in total. The lowest BCUT2D eigenvalue weighted by atomic mass is 10.0. The third-order valence-corrected chi connectivity index (χ3v) is 4.20. The summed E-state index contributed by atoms with van der Waals surface area (Å²) < 4.78 is 4.64. The molecule has 0 aromatic heterocycles. The average molecular weight is 390 g/mol. The first-order valence-electron chi connectivity index (χ1n) is 8.15. The third-order valence-electron chi connectivity index (χ3n) is 3.85. The maximum absolute atomic E-state index is 12.3. The summed E-state index contributed by atoms with van der Waals surface area (Å²) in [6, 6.07) is 12.2. The molecule has 0 spiro atoms. The van der Waals surface area contributed by atoms with E-state index in [1.807, 2.05) is 0 Å². The second-order valence-electron chi connectivity index (χ2n) is 5.75. The fourth-order valence-corrected chi connectivity index (χ4v) is 2.77. The fraction of sp³-hybridized carbons (Fsp3) is 0.211. The van der Waals surface area contributed by atoms with Gasteiger partial charge in [0.1, 0.15) is 0 Å². The molecule has 3 amide bonds. The van der Waals surface area contributed by atoms with E-state index < -0.39 is 18.0 Å². The van der Waals surface area contributed by atoms with Gasteiger partial charge < -0.3 is 21.1 Å². The molecule has 2 rings (SSSR count). The van der Waals surface area contributed by atoms with Crippen LogP contribution in [0.4, 0.5) is 4.79 Å². The summed E-state index contributed by atoms with van der Waals surface area (Å²) in [5.74, 6) is -0.712. The van der Waals surface area contributed by atoms with Crippen molar-refractivity contribution in [1.82, 2.24) is 10.6 Å². The van der Waals surface area contributed by atoms with Crippen molar-refractivity contribution >= 4 is 29.5 Å². The van der Waals surface area contributed by atoms with E-state index in [0.29, 0.717) is 16.1 Å². The number of carbonyl (C=O) groups excluding carboxylic acids is 3. The van der Waals surface area contributed by atoms with Crippen LogP contribution in [0.15, 0.2) is 48.5 Å². The van der Waals surface area contributed by atoms with Gasteiger partial charge in [-0.3, -0.25) is 4.79 Å². The molecule has 0 heterocycles. The number of urea groups is 1. The average Bonchev–Trinajstić information content (AvgIpc) is 2.65. The lowest BCUT2D eigenvalue weighted by Crippen LogP contribution is -2.36. The molecule has 0 aliphatic carbocycles. The van der Waals surface area contributed by atoms with Crippen LogP contribution in [0.3, 0.4) is 0 Å². The fourth-order valence-electron chi connectivity index (χ4n) is 2.50. The number of ether oxygens (including phenoxy) is 1. The van der Waals surface area contributed by atoms with Crippen LogP contribution in [0, 0.1) is 0 Å². The van der Waals surface area contributed by atoms with E-state index >= 15 is 0 Å². The highest BCUT2D eigenvalue weighted by Crippen LogP contribution is 2.25. The number of carbonyl (C=O) groups is 3. The second-order valence-corrected chi connectivity index (χ2v) is 6.16. The molecule has 142 valence electrons. The van der Waals surface area contributed by atoms with Crippen molar-refractivity contribution in [2.75, 3.05) is 7.11 Å². The minimum atomic E-state index is -0.744. The standard InChI is InChI=1S/C19H20ClN3O4/c1-27-18(25)13-8-6-12(7-9-13)11-22-17(24)10-16(23-19(21)26)14-4-2-3-5-15(14)20/h2-9,16H,10-11H2,1H3,(H,22,24)(H3,21,23,26)/t16-/m0/s1. The Hall–Kier alpha value is -3.06. The molecule has 0 unspecified atom stereocenters. The van der Waals surface area contributed by atoms with Gasteiger partial charge in [-0.2, -0.15) is 0 Å². The van der Waals surface area contributed by atoms with Gasteiger partial charge in [0.15, 0.2) is 0 Å². The molecule has 4 N–H and O–H groups in total. The number of amides is 3. The molecule has 1 atom stereocenters. The van der Waals surface area contributed by atoms with Crippen molar-refractivity contribution < 1.29 is 19.1 Å². The molecular weight excluding hydrogens is 370 g/mol. The van der Waals surface area contributed by atoms with Gasteiger partial charge >= 0.3 is 12.0 Å². The van der Waals surface area contributed by atoms with Gasteiger partial charge in [-0.1, -0.05) is 41.9 Å². The number of nitrogens with two attached hydrogens (primary N) is 1.